The summed E-state index contributed by atoms with van der Waals surface area (Å²) in [6, 6.07) is 11.9. The molecule has 0 saturated carbocycles. The fraction of sp³-hybridized carbons (Fsp3) is 0.423. The number of nitrogens with one attached hydrogen (secondary N) is 1. The fourth-order valence-corrected chi connectivity index (χ4v) is 5.21. The van der Waals surface area contributed by atoms with Gasteiger partial charge in [-0.3, -0.25) is 4.79 Å². The van der Waals surface area contributed by atoms with Crippen LogP contribution in [-0.2, 0) is 12.6 Å². The minimum Gasteiger partial charge on any atom is -0.371 e. The number of aromatic nitrogens is 1. The molecule has 3 heterocycles. The lowest BCUT2D eigenvalue weighted by molar-refractivity contribution is -0.137. The molecule has 0 unspecified atom stereocenters. The van der Waals surface area contributed by atoms with Gasteiger partial charge in [0.15, 0.2) is 5.78 Å². The van der Waals surface area contributed by atoms with E-state index in [-0.39, 0.29) is 17.8 Å². The summed E-state index contributed by atoms with van der Waals surface area (Å²) < 4.78 is 41.0. The van der Waals surface area contributed by atoms with Crippen molar-refractivity contribution in [3.63, 3.8) is 0 Å². The Labute approximate surface area is 191 Å². The van der Waals surface area contributed by atoms with E-state index in [1.54, 1.807) is 6.07 Å². The maximum Gasteiger partial charge on any atom is 0.416 e. The number of carbonyl (C=O) groups excluding carboxylic acids is 1. The highest BCUT2D eigenvalue weighted by Crippen LogP contribution is 2.34. The molecule has 0 spiro atoms. The van der Waals surface area contributed by atoms with Crippen molar-refractivity contribution in [2.45, 2.75) is 44.3 Å². The van der Waals surface area contributed by atoms with Gasteiger partial charge in [0, 0.05) is 48.5 Å². The van der Waals surface area contributed by atoms with Gasteiger partial charge in [-0.15, -0.1) is 0 Å². The fourth-order valence-electron chi connectivity index (χ4n) is 5.21. The molecule has 2 aliphatic rings. The highest BCUT2D eigenvalue weighted by Gasteiger charge is 2.33. The van der Waals surface area contributed by atoms with E-state index in [1.165, 1.54) is 18.9 Å². The van der Waals surface area contributed by atoms with Crippen LogP contribution >= 0.6 is 0 Å². The van der Waals surface area contributed by atoms with E-state index < -0.39 is 11.7 Å². The number of aromatic amines is 1. The number of rotatable bonds is 5. The van der Waals surface area contributed by atoms with Crippen molar-refractivity contribution < 1.29 is 18.0 Å². The summed E-state index contributed by atoms with van der Waals surface area (Å²) in [5.74, 6) is -0.302. The molecule has 3 aromatic rings. The molecular weight excluding hydrogens is 427 g/mol. The molecular formula is C26H28F3N3O. The molecule has 1 N–H and O–H groups in total. The molecule has 2 aliphatic heterocycles. The zero-order valence-corrected chi connectivity index (χ0v) is 18.5. The van der Waals surface area contributed by atoms with Crippen LogP contribution < -0.4 is 4.90 Å². The first-order chi connectivity index (χ1) is 15.9. The standard InChI is InChI=1S/C26H28F3N3O/c27-26(28,29)21-15-20(25(33)14-18-3-4-24-19(13-18)5-8-30-24)16-23(17-21)32-11-6-22(7-12-32)31-9-1-2-10-31/h3-5,8,13,15-17,22,30H,1-2,6-7,9-12,14H2. The average Bonchev–Trinajstić information content (AvgIpc) is 3.50. The topological polar surface area (TPSA) is 39.3 Å². The van der Waals surface area contributed by atoms with Gasteiger partial charge in [0.25, 0.3) is 0 Å². The van der Waals surface area contributed by atoms with Gasteiger partial charge in [0.2, 0.25) is 0 Å². The van der Waals surface area contributed by atoms with Crippen LogP contribution in [0, 0.1) is 0 Å². The number of nitrogens with zero attached hydrogens (tertiary/aromatic N) is 2. The summed E-state index contributed by atoms with van der Waals surface area (Å²) in [5, 5.41) is 0.978. The second-order valence-corrected chi connectivity index (χ2v) is 9.23. The number of Topliss-reactive ketones (excluding diaryl/α,β-unsaturated/α-hetero) is 1. The van der Waals surface area contributed by atoms with Crippen molar-refractivity contribution in [1.82, 2.24) is 9.88 Å². The molecule has 0 aliphatic carbocycles. The Hall–Kier alpha value is -2.80. The second-order valence-electron chi connectivity index (χ2n) is 9.23. The van der Waals surface area contributed by atoms with Gasteiger partial charge in [0.05, 0.1) is 5.56 Å². The minimum atomic E-state index is -4.50. The van der Waals surface area contributed by atoms with Crippen molar-refractivity contribution >= 4 is 22.4 Å². The second kappa shape index (κ2) is 8.86. The van der Waals surface area contributed by atoms with Crippen LogP contribution in [0.25, 0.3) is 10.9 Å². The number of ketones is 1. The summed E-state index contributed by atoms with van der Waals surface area (Å²) in [6.45, 7) is 3.67. The Balaban J connectivity index is 1.36. The SMILES string of the molecule is O=C(Cc1ccc2[nH]ccc2c1)c1cc(N2CCC(N3CCCC3)CC2)cc(C(F)(F)F)c1. The molecule has 0 bridgehead atoms. The van der Waals surface area contributed by atoms with E-state index in [0.717, 1.165) is 48.5 Å². The molecule has 33 heavy (non-hydrogen) atoms. The minimum absolute atomic E-state index is 0.0684. The Bertz CT molecular complexity index is 1140. The quantitative estimate of drug-likeness (QED) is 0.504. The van der Waals surface area contributed by atoms with Crippen LogP contribution in [0.15, 0.2) is 48.7 Å². The highest BCUT2D eigenvalue weighted by atomic mass is 19.4. The van der Waals surface area contributed by atoms with Crippen molar-refractivity contribution in [2.24, 2.45) is 0 Å². The number of likely N-dealkylation sites (tertiary alicyclic amines) is 1. The number of piperidine rings is 1. The number of carbonyl (C=O) groups is 1. The van der Waals surface area contributed by atoms with E-state index in [2.05, 4.69) is 9.88 Å². The summed E-state index contributed by atoms with van der Waals surface area (Å²) in [7, 11) is 0. The lowest BCUT2D eigenvalue weighted by atomic mass is 9.98. The van der Waals surface area contributed by atoms with Crippen LogP contribution in [0.5, 0.6) is 0 Å². The van der Waals surface area contributed by atoms with Crippen LogP contribution in [-0.4, -0.2) is 47.9 Å². The van der Waals surface area contributed by atoms with Crippen LogP contribution in [0.2, 0.25) is 0 Å². The van der Waals surface area contributed by atoms with Gasteiger partial charge in [0.1, 0.15) is 0 Å². The molecule has 0 atom stereocenters. The Morgan fingerprint density at radius 2 is 1.73 bits per heavy atom. The lowest BCUT2D eigenvalue weighted by Gasteiger charge is -2.38. The van der Waals surface area contributed by atoms with E-state index in [0.29, 0.717) is 24.8 Å². The molecule has 5 rings (SSSR count). The number of hydrogen-bond acceptors (Lipinski definition) is 3. The normalized spacial score (nSPS) is 18.3. The molecule has 174 valence electrons. The van der Waals surface area contributed by atoms with Crippen LogP contribution in [0.3, 0.4) is 0 Å². The third kappa shape index (κ3) is 4.78. The van der Waals surface area contributed by atoms with E-state index in [1.807, 2.05) is 35.4 Å². The lowest BCUT2D eigenvalue weighted by Crippen LogP contribution is -2.44. The van der Waals surface area contributed by atoms with Gasteiger partial charge in [-0.2, -0.15) is 13.2 Å². The summed E-state index contributed by atoms with van der Waals surface area (Å²) in [6.07, 6.45) is 1.74. The average molecular weight is 456 g/mol. The molecule has 0 amide bonds. The number of anilines is 1. The summed E-state index contributed by atoms with van der Waals surface area (Å²) in [4.78, 5) is 20.6. The maximum absolute atomic E-state index is 13.7. The number of benzene rings is 2. The molecule has 4 nitrogen and oxygen atoms in total. The largest absolute Gasteiger partial charge is 0.416 e. The van der Waals surface area contributed by atoms with Crippen molar-refractivity contribution in [3.8, 4) is 0 Å². The zero-order valence-electron chi connectivity index (χ0n) is 18.5. The van der Waals surface area contributed by atoms with E-state index in [4.69, 9.17) is 0 Å². The van der Waals surface area contributed by atoms with Gasteiger partial charge < -0.3 is 14.8 Å². The highest BCUT2D eigenvalue weighted by molar-refractivity contribution is 5.99. The smallest absolute Gasteiger partial charge is 0.371 e. The van der Waals surface area contributed by atoms with Crippen molar-refractivity contribution in [3.05, 3.63) is 65.4 Å². The Morgan fingerprint density at radius 1 is 0.970 bits per heavy atom. The summed E-state index contributed by atoms with van der Waals surface area (Å²) >= 11 is 0. The molecule has 2 saturated heterocycles. The predicted molar refractivity (Wildman–Crippen MR) is 124 cm³/mol. The monoisotopic (exact) mass is 455 g/mol. The van der Waals surface area contributed by atoms with Gasteiger partial charge in [-0.1, -0.05) is 6.07 Å². The van der Waals surface area contributed by atoms with Crippen molar-refractivity contribution in [1.29, 1.82) is 0 Å². The molecule has 1 aromatic heterocycles. The Morgan fingerprint density at radius 3 is 2.45 bits per heavy atom. The third-order valence-electron chi connectivity index (χ3n) is 7.04. The predicted octanol–water partition coefficient (Wildman–Crippen LogP) is 5.68. The number of fused-ring (bicyclic) bond motifs is 1. The first kappa shape index (κ1) is 22.0. The van der Waals surface area contributed by atoms with Gasteiger partial charge in [-0.05, 0) is 86.1 Å². The number of alkyl halides is 3. The van der Waals surface area contributed by atoms with Crippen molar-refractivity contribution in [2.75, 3.05) is 31.1 Å². The van der Waals surface area contributed by atoms with E-state index in [9.17, 15) is 18.0 Å². The number of hydrogen-bond donors (Lipinski definition) is 1. The summed E-state index contributed by atoms with van der Waals surface area (Å²) in [5.41, 5.74) is 1.61. The third-order valence-corrected chi connectivity index (χ3v) is 7.04. The van der Waals surface area contributed by atoms with Gasteiger partial charge in [-0.25, -0.2) is 0 Å². The van der Waals surface area contributed by atoms with Gasteiger partial charge >= 0.3 is 6.18 Å². The zero-order chi connectivity index (χ0) is 23.0. The van der Waals surface area contributed by atoms with Crippen LogP contribution in [0.1, 0.15) is 47.2 Å². The van der Waals surface area contributed by atoms with Crippen LogP contribution in [0.4, 0.5) is 18.9 Å². The molecule has 7 heteroatoms. The Kier molecular flexibility index (Phi) is 5.91. The first-order valence-corrected chi connectivity index (χ1v) is 11.7. The van der Waals surface area contributed by atoms with E-state index >= 15 is 0 Å². The number of H-pyrrole nitrogens is 1. The molecule has 2 aromatic carbocycles. The molecule has 2 fully saturated rings. The maximum atomic E-state index is 13.7. The molecule has 0 radical (unpaired) electrons. The number of halogens is 3. The first-order valence-electron chi connectivity index (χ1n) is 11.7.